The van der Waals surface area contributed by atoms with Crippen LogP contribution in [-0.2, 0) is 4.79 Å². The van der Waals surface area contributed by atoms with Gasteiger partial charge in [-0.15, -0.1) is 5.10 Å². The fourth-order valence-corrected chi connectivity index (χ4v) is 2.80. The highest BCUT2D eigenvalue weighted by Crippen LogP contribution is 2.32. The van der Waals surface area contributed by atoms with Crippen LogP contribution in [0, 0.1) is 6.92 Å². The molecule has 0 saturated heterocycles. The van der Waals surface area contributed by atoms with Crippen molar-refractivity contribution in [3.05, 3.63) is 29.6 Å². The van der Waals surface area contributed by atoms with Crippen molar-refractivity contribution in [2.75, 3.05) is 13.2 Å². The van der Waals surface area contributed by atoms with E-state index in [1.165, 1.54) is 0 Å². The van der Waals surface area contributed by atoms with Crippen LogP contribution < -0.4 is 14.8 Å². The van der Waals surface area contributed by atoms with E-state index in [9.17, 15) is 9.59 Å². The van der Waals surface area contributed by atoms with Gasteiger partial charge in [0.05, 0.1) is 11.4 Å². The van der Waals surface area contributed by atoms with Gasteiger partial charge in [-0.25, -0.2) is 4.68 Å². The van der Waals surface area contributed by atoms with Crippen LogP contribution in [0.5, 0.6) is 11.5 Å². The maximum atomic E-state index is 12.6. The van der Waals surface area contributed by atoms with E-state index >= 15 is 0 Å². The molecule has 0 radical (unpaired) electrons. The standard InChI is InChI=1S/C18H22N4O5/c1-11-16(17(25)19-18(2,3)7-6-15(23)24)20-21-22(11)12-4-5-13-14(10-12)27-9-8-26-13/h4-5,10H,6-9H2,1-3H3,(H,19,25)(H,23,24). The molecule has 0 bridgehead atoms. The first-order valence-electron chi connectivity index (χ1n) is 8.63. The molecule has 2 N–H and O–H groups in total. The van der Waals surface area contributed by atoms with E-state index in [0.29, 0.717) is 42.5 Å². The number of carbonyl (C=O) groups excluding carboxylic acids is 1. The smallest absolute Gasteiger partial charge is 0.303 e. The Hall–Kier alpha value is -3.10. The van der Waals surface area contributed by atoms with Gasteiger partial charge in [-0.1, -0.05) is 5.21 Å². The van der Waals surface area contributed by atoms with E-state index in [1.807, 2.05) is 6.07 Å². The highest BCUT2D eigenvalue weighted by atomic mass is 16.6. The quantitative estimate of drug-likeness (QED) is 0.791. The number of carboxylic acid groups (broad SMARTS) is 1. The van der Waals surface area contributed by atoms with Gasteiger partial charge in [-0.05, 0) is 39.3 Å². The monoisotopic (exact) mass is 374 g/mol. The van der Waals surface area contributed by atoms with Crippen molar-refractivity contribution in [1.82, 2.24) is 20.3 Å². The number of benzene rings is 1. The van der Waals surface area contributed by atoms with E-state index in [4.69, 9.17) is 14.6 Å². The van der Waals surface area contributed by atoms with Crippen molar-refractivity contribution in [2.45, 2.75) is 39.2 Å². The molecule has 0 saturated carbocycles. The number of hydrogen-bond donors (Lipinski definition) is 2. The second-order valence-corrected chi connectivity index (χ2v) is 6.99. The third-order valence-electron chi connectivity index (χ3n) is 4.30. The van der Waals surface area contributed by atoms with Crippen LogP contribution in [0.2, 0.25) is 0 Å². The van der Waals surface area contributed by atoms with Crippen LogP contribution >= 0.6 is 0 Å². The summed E-state index contributed by atoms with van der Waals surface area (Å²) in [5.41, 5.74) is 0.780. The van der Waals surface area contributed by atoms with Crippen molar-refractivity contribution in [1.29, 1.82) is 0 Å². The van der Waals surface area contributed by atoms with Crippen LogP contribution in [-0.4, -0.2) is 50.7 Å². The molecule has 0 spiro atoms. The molecule has 144 valence electrons. The SMILES string of the molecule is Cc1c(C(=O)NC(C)(C)CCC(=O)O)nnn1-c1ccc2c(c1)OCCO2. The number of aromatic nitrogens is 3. The lowest BCUT2D eigenvalue weighted by Gasteiger charge is -2.25. The zero-order valence-electron chi connectivity index (χ0n) is 15.5. The Morgan fingerprint density at radius 1 is 1.26 bits per heavy atom. The summed E-state index contributed by atoms with van der Waals surface area (Å²) in [6.45, 7) is 6.28. The summed E-state index contributed by atoms with van der Waals surface area (Å²) in [6, 6.07) is 5.39. The number of nitrogens with zero attached hydrogens (tertiary/aromatic N) is 3. The molecule has 2 heterocycles. The van der Waals surface area contributed by atoms with Crippen molar-refractivity contribution >= 4 is 11.9 Å². The molecule has 0 aliphatic carbocycles. The third kappa shape index (κ3) is 4.18. The summed E-state index contributed by atoms with van der Waals surface area (Å²) in [7, 11) is 0. The molecule has 1 aliphatic rings. The molecular weight excluding hydrogens is 352 g/mol. The first-order chi connectivity index (χ1) is 12.8. The van der Waals surface area contributed by atoms with Crippen molar-refractivity contribution < 1.29 is 24.2 Å². The number of rotatable bonds is 6. The summed E-state index contributed by atoms with van der Waals surface area (Å²) in [4.78, 5) is 23.3. The predicted octanol–water partition coefficient (Wildman–Crippen LogP) is 1.72. The molecule has 1 aliphatic heterocycles. The molecule has 1 aromatic heterocycles. The Labute approximate surface area is 156 Å². The number of nitrogens with one attached hydrogen (secondary N) is 1. The van der Waals surface area contributed by atoms with Crippen molar-refractivity contribution in [3.63, 3.8) is 0 Å². The second kappa shape index (κ2) is 7.26. The number of amides is 1. The van der Waals surface area contributed by atoms with Gasteiger partial charge in [-0.3, -0.25) is 9.59 Å². The minimum absolute atomic E-state index is 0.0316. The lowest BCUT2D eigenvalue weighted by molar-refractivity contribution is -0.137. The lowest BCUT2D eigenvalue weighted by atomic mass is 9.98. The number of ether oxygens (including phenoxy) is 2. The first kappa shape index (κ1) is 18.7. The summed E-state index contributed by atoms with van der Waals surface area (Å²) < 4.78 is 12.6. The molecule has 0 unspecified atom stereocenters. The predicted molar refractivity (Wildman–Crippen MR) is 95.5 cm³/mol. The van der Waals surface area contributed by atoms with Crippen LogP contribution in [0.1, 0.15) is 42.9 Å². The largest absolute Gasteiger partial charge is 0.486 e. The topological polar surface area (TPSA) is 116 Å². The van der Waals surface area contributed by atoms with E-state index in [-0.39, 0.29) is 12.1 Å². The minimum Gasteiger partial charge on any atom is -0.486 e. The molecule has 3 rings (SSSR count). The van der Waals surface area contributed by atoms with Gasteiger partial charge in [0.15, 0.2) is 17.2 Å². The van der Waals surface area contributed by atoms with Crippen LogP contribution in [0.25, 0.3) is 5.69 Å². The highest BCUT2D eigenvalue weighted by Gasteiger charge is 2.26. The molecule has 1 aromatic carbocycles. The minimum atomic E-state index is -0.905. The molecule has 0 fully saturated rings. The van der Waals surface area contributed by atoms with E-state index < -0.39 is 17.4 Å². The van der Waals surface area contributed by atoms with Crippen molar-refractivity contribution in [3.8, 4) is 17.2 Å². The van der Waals surface area contributed by atoms with E-state index in [1.54, 1.807) is 37.6 Å². The normalized spacial score (nSPS) is 13.3. The Morgan fingerprint density at radius 2 is 1.96 bits per heavy atom. The average Bonchev–Trinajstić information content (AvgIpc) is 3.01. The maximum Gasteiger partial charge on any atom is 0.303 e. The molecule has 0 atom stereocenters. The number of aliphatic carboxylic acids is 1. The summed E-state index contributed by atoms with van der Waals surface area (Å²) >= 11 is 0. The summed E-state index contributed by atoms with van der Waals surface area (Å²) in [5.74, 6) is -0.0138. The Bertz CT molecular complexity index is 875. The fourth-order valence-electron chi connectivity index (χ4n) is 2.80. The van der Waals surface area contributed by atoms with Crippen molar-refractivity contribution in [2.24, 2.45) is 0 Å². The zero-order chi connectivity index (χ0) is 19.6. The maximum absolute atomic E-state index is 12.6. The van der Waals surface area contributed by atoms with Gasteiger partial charge in [0.25, 0.3) is 5.91 Å². The van der Waals surface area contributed by atoms with E-state index in [2.05, 4.69) is 15.6 Å². The van der Waals surface area contributed by atoms with E-state index in [0.717, 1.165) is 0 Å². The van der Waals surface area contributed by atoms with Gasteiger partial charge in [0.1, 0.15) is 13.2 Å². The Balaban J connectivity index is 1.79. The molecule has 27 heavy (non-hydrogen) atoms. The van der Waals surface area contributed by atoms with Gasteiger partial charge < -0.3 is 19.9 Å². The highest BCUT2D eigenvalue weighted by molar-refractivity contribution is 5.93. The summed E-state index contributed by atoms with van der Waals surface area (Å²) in [5, 5.41) is 19.7. The number of carbonyl (C=O) groups is 2. The average molecular weight is 374 g/mol. The van der Waals surface area contributed by atoms with Gasteiger partial charge in [0, 0.05) is 18.0 Å². The third-order valence-corrected chi connectivity index (χ3v) is 4.30. The lowest BCUT2D eigenvalue weighted by Crippen LogP contribution is -2.44. The molecule has 2 aromatic rings. The fraction of sp³-hybridized carbons (Fsp3) is 0.444. The molecule has 1 amide bonds. The number of hydrogen-bond acceptors (Lipinski definition) is 6. The molecule has 9 heteroatoms. The molecular formula is C18H22N4O5. The first-order valence-corrected chi connectivity index (χ1v) is 8.63. The number of fused-ring (bicyclic) bond motifs is 1. The second-order valence-electron chi connectivity index (χ2n) is 6.99. The molecule has 9 nitrogen and oxygen atoms in total. The number of carboxylic acids is 1. The van der Waals surface area contributed by atoms with Crippen LogP contribution in [0.15, 0.2) is 18.2 Å². The van der Waals surface area contributed by atoms with Gasteiger partial charge in [0.2, 0.25) is 0 Å². The zero-order valence-corrected chi connectivity index (χ0v) is 15.5. The van der Waals surface area contributed by atoms with Gasteiger partial charge >= 0.3 is 5.97 Å². The summed E-state index contributed by atoms with van der Waals surface area (Å²) in [6.07, 6.45) is 0.277. The van der Waals surface area contributed by atoms with Crippen LogP contribution in [0.4, 0.5) is 0 Å². The van der Waals surface area contributed by atoms with Gasteiger partial charge in [-0.2, -0.15) is 0 Å². The Kier molecular flexibility index (Phi) is 5.02. The Morgan fingerprint density at radius 3 is 2.67 bits per heavy atom. The van der Waals surface area contributed by atoms with Crippen LogP contribution in [0.3, 0.4) is 0 Å².